The topological polar surface area (TPSA) is 80.4 Å². The van der Waals surface area contributed by atoms with E-state index in [1.165, 1.54) is 29.2 Å². The fraction of sp³-hybridized carbons (Fsp3) is 0.412. The molecule has 26 heavy (non-hydrogen) atoms. The zero-order valence-corrected chi connectivity index (χ0v) is 14.1. The maximum atomic E-state index is 13.1. The van der Waals surface area contributed by atoms with Crippen LogP contribution in [-0.2, 0) is 17.9 Å². The number of fused-ring (bicyclic) bond motifs is 1. The number of anilines is 1. The predicted molar refractivity (Wildman–Crippen MR) is 90.3 cm³/mol. The maximum absolute atomic E-state index is 13.1. The zero-order chi connectivity index (χ0) is 18.3. The SMILES string of the molecule is O=C(Cn1c(=O)nc2n1C(=O)N(c1ccc(F)cc1)C2)N1CCCCC1. The van der Waals surface area contributed by atoms with E-state index < -0.39 is 17.5 Å². The van der Waals surface area contributed by atoms with Crippen LogP contribution in [0.1, 0.15) is 25.1 Å². The van der Waals surface area contributed by atoms with E-state index in [9.17, 15) is 18.8 Å². The van der Waals surface area contributed by atoms with Crippen LogP contribution in [0.5, 0.6) is 0 Å². The summed E-state index contributed by atoms with van der Waals surface area (Å²) in [6.45, 7) is 1.23. The van der Waals surface area contributed by atoms with Crippen LogP contribution in [0.4, 0.5) is 14.9 Å². The number of halogens is 1. The average molecular weight is 359 g/mol. The summed E-state index contributed by atoms with van der Waals surface area (Å²) in [7, 11) is 0. The lowest BCUT2D eigenvalue weighted by atomic mass is 10.1. The molecule has 1 aromatic heterocycles. The van der Waals surface area contributed by atoms with E-state index in [0.29, 0.717) is 18.8 Å². The van der Waals surface area contributed by atoms with E-state index in [-0.39, 0.29) is 24.8 Å². The van der Waals surface area contributed by atoms with Crippen molar-refractivity contribution < 1.29 is 14.0 Å². The van der Waals surface area contributed by atoms with Crippen molar-refractivity contribution in [3.05, 3.63) is 46.4 Å². The quantitative estimate of drug-likeness (QED) is 0.824. The molecule has 2 aromatic rings. The molecule has 1 fully saturated rings. The van der Waals surface area contributed by atoms with Gasteiger partial charge in [-0.2, -0.15) is 9.67 Å². The van der Waals surface area contributed by atoms with Crippen LogP contribution < -0.4 is 10.6 Å². The van der Waals surface area contributed by atoms with Crippen LogP contribution >= 0.6 is 0 Å². The Balaban J connectivity index is 1.59. The first-order valence-corrected chi connectivity index (χ1v) is 8.58. The molecule has 2 amide bonds. The Morgan fingerprint density at radius 2 is 1.77 bits per heavy atom. The molecule has 3 heterocycles. The monoisotopic (exact) mass is 359 g/mol. The van der Waals surface area contributed by atoms with Crippen molar-refractivity contribution in [1.82, 2.24) is 19.2 Å². The van der Waals surface area contributed by atoms with Gasteiger partial charge >= 0.3 is 11.7 Å². The van der Waals surface area contributed by atoms with Gasteiger partial charge in [-0.3, -0.25) is 9.69 Å². The number of likely N-dealkylation sites (tertiary alicyclic amines) is 1. The second-order valence-electron chi connectivity index (χ2n) is 6.47. The Kier molecular flexibility index (Phi) is 4.06. The van der Waals surface area contributed by atoms with E-state index in [1.807, 2.05) is 0 Å². The molecular weight excluding hydrogens is 341 g/mol. The van der Waals surface area contributed by atoms with Gasteiger partial charge in [-0.25, -0.2) is 18.7 Å². The van der Waals surface area contributed by atoms with Gasteiger partial charge in [0.1, 0.15) is 12.4 Å². The lowest BCUT2D eigenvalue weighted by molar-refractivity contribution is -0.133. The Labute approximate surface area is 148 Å². The van der Waals surface area contributed by atoms with E-state index >= 15 is 0 Å². The Morgan fingerprint density at radius 3 is 2.46 bits per heavy atom. The van der Waals surface area contributed by atoms with Gasteiger partial charge in [0.2, 0.25) is 5.91 Å². The molecule has 1 saturated heterocycles. The first-order chi connectivity index (χ1) is 12.5. The number of aromatic nitrogens is 3. The highest BCUT2D eigenvalue weighted by Crippen LogP contribution is 2.23. The van der Waals surface area contributed by atoms with E-state index in [2.05, 4.69) is 4.98 Å². The third kappa shape index (κ3) is 2.79. The normalized spacial score (nSPS) is 16.9. The van der Waals surface area contributed by atoms with Crippen molar-refractivity contribution in [2.45, 2.75) is 32.4 Å². The summed E-state index contributed by atoms with van der Waals surface area (Å²) in [5.41, 5.74) is -0.110. The third-order valence-electron chi connectivity index (χ3n) is 4.78. The molecule has 0 radical (unpaired) electrons. The van der Waals surface area contributed by atoms with Crippen LogP contribution in [0.2, 0.25) is 0 Å². The molecule has 1 aromatic carbocycles. The van der Waals surface area contributed by atoms with Gasteiger partial charge in [0.15, 0.2) is 5.82 Å². The summed E-state index contributed by atoms with van der Waals surface area (Å²) in [5, 5.41) is 0. The summed E-state index contributed by atoms with van der Waals surface area (Å²) in [4.78, 5) is 44.4. The fourth-order valence-electron chi connectivity index (χ4n) is 3.41. The molecule has 0 saturated carbocycles. The molecule has 2 aliphatic rings. The summed E-state index contributed by atoms with van der Waals surface area (Å²) in [5.74, 6) is -0.319. The Morgan fingerprint density at radius 1 is 1.08 bits per heavy atom. The standard InChI is InChI=1S/C17H18FN5O3/c18-12-4-6-13(7-5-12)21-10-14-19-16(25)22(23(14)17(21)26)11-15(24)20-8-2-1-3-9-20/h4-7H,1-3,8-11H2. The molecule has 8 nitrogen and oxygen atoms in total. The van der Waals surface area contributed by atoms with E-state index in [0.717, 1.165) is 28.6 Å². The molecule has 0 aliphatic carbocycles. The van der Waals surface area contributed by atoms with Crippen LogP contribution in [0.25, 0.3) is 0 Å². The summed E-state index contributed by atoms with van der Waals surface area (Å²) in [6, 6.07) is 5.02. The van der Waals surface area contributed by atoms with Gasteiger partial charge in [0, 0.05) is 18.8 Å². The molecule has 2 aliphatic heterocycles. The molecule has 9 heteroatoms. The van der Waals surface area contributed by atoms with Crippen molar-refractivity contribution in [2.24, 2.45) is 0 Å². The number of nitrogens with zero attached hydrogens (tertiary/aromatic N) is 5. The van der Waals surface area contributed by atoms with Crippen LogP contribution in [0.15, 0.2) is 29.1 Å². The number of benzene rings is 1. The van der Waals surface area contributed by atoms with E-state index in [1.54, 1.807) is 4.90 Å². The maximum Gasteiger partial charge on any atom is 0.365 e. The van der Waals surface area contributed by atoms with Crippen molar-refractivity contribution in [2.75, 3.05) is 18.0 Å². The summed E-state index contributed by atoms with van der Waals surface area (Å²) >= 11 is 0. The number of amides is 2. The molecule has 136 valence electrons. The number of piperidine rings is 1. The Bertz CT molecular complexity index is 911. The van der Waals surface area contributed by atoms with Gasteiger partial charge in [0.25, 0.3) is 0 Å². The largest absolute Gasteiger partial charge is 0.365 e. The fourth-order valence-corrected chi connectivity index (χ4v) is 3.41. The molecule has 4 rings (SSSR count). The molecule has 0 N–H and O–H groups in total. The minimum atomic E-state index is -0.613. The van der Waals surface area contributed by atoms with Crippen molar-refractivity contribution in [1.29, 1.82) is 0 Å². The Hall–Kier alpha value is -2.97. The summed E-state index contributed by atoms with van der Waals surface area (Å²) < 4.78 is 15.3. The van der Waals surface area contributed by atoms with Crippen molar-refractivity contribution in [3.63, 3.8) is 0 Å². The van der Waals surface area contributed by atoms with Crippen molar-refractivity contribution >= 4 is 17.6 Å². The van der Waals surface area contributed by atoms with E-state index in [4.69, 9.17) is 0 Å². The highest BCUT2D eigenvalue weighted by atomic mass is 19.1. The zero-order valence-electron chi connectivity index (χ0n) is 14.1. The first-order valence-electron chi connectivity index (χ1n) is 8.58. The molecule has 0 spiro atoms. The van der Waals surface area contributed by atoms with Crippen LogP contribution in [0, 0.1) is 5.82 Å². The van der Waals surface area contributed by atoms with Gasteiger partial charge in [-0.15, -0.1) is 0 Å². The highest BCUT2D eigenvalue weighted by molar-refractivity contribution is 5.95. The number of carbonyl (C=O) groups is 2. The lowest BCUT2D eigenvalue weighted by Gasteiger charge is -2.26. The highest BCUT2D eigenvalue weighted by Gasteiger charge is 2.34. The minimum Gasteiger partial charge on any atom is -0.341 e. The number of hydrogen-bond donors (Lipinski definition) is 0. The number of carbonyl (C=O) groups excluding carboxylic acids is 2. The summed E-state index contributed by atoms with van der Waals surface area (Å²) in [6.07, 6.45) is 2.99. The lowest BCUT2D eigenvalue weighted by Crippen LogP contribution is -2.42. The third-order valence-corrected chi connectivity index (χ3v) is 4.78. The molecule has 0 atom stereocenters. The first kappa shape index (κ1) is 16.5. The van der Waals surface area contributed by atoms with Gasteiger partial charge in [0.05, 0.1) is 6.54 Å². The second kappa shape index (κ2) is 6.40. The molecule has 0 unspecified atom stereocenters. The minimum absolute atomic E-state index is 0.102. The molecular formula is C17H18FN5O3. The van der Waals surface area contributed by atoms with Crippen LogP contribution in [-0.4, -0.2) is 44.3 Å². The predicted octanol–water partition coefficient (Wildman–Crippen LogP) is 1.18. The molecule has 0 bridgehead atoms. The van der Waals surface area contributed by atoms with Crippen molar-refractivity contribution in [3.8, 4) is 0 Å². The average Bonchev–Trinajstić information content (AvgIpc) is 3.12. The smallest absolute Gasteiger partial charge is 0.341 e. The van der Waals surface area contributed by atoms with Gasteiger partial charge in [-0.05, 0) is 43.5 Å². The van der Waals surface area contributed by atoms with Gasteiger partial charge in [-0.1, -0.05) is 0 Å². The number of rotatable bonds is 3. The second-order valence-corrected chi connectivity index (χ2v) is 6.47. The van der Waals surface area contributed by atoms with Gasteiger partial charge < -0.3 is 4.90 Å². The van der Waals surface area contributed by atoms with Crippen LogP contribution in [0.3, 0.4) is 0 Å². The number of hydrogen-bond acceptors (Lipinski definition) is 4.